The third-order valence-electron chi connectivity index (χ3n) is 7.49. The van der Waals surface area contributed by atoms with Crippen LogP contribution in [0, 0.1) is 18.8 Å². The van der Waals surface area contributed by atoms with E-state index < -0.39 is 32.6 Å². The van der Waals surface area contributed by atoms with Crippen LogP contribution in [0.2, 0.25) is 0 Å². The van der Waals surface area contributed by atoms with Gasteiger partial charge < -0.3 is 34.3 Å². The lowest BCUT2D eigenvalue weighted by atomic mass is 9.92. The highest BCUT2D eigenvalue weighted by Crippen LogP contribution is 2.42. The lowest BCUT2D eigenvalue weighted by molar-refractivity contribution is -0.152. The number of anilines is 3. The van der Waals surface area contributed by atoms with Crippen LogP contribution in [0.4, 0.5) is 21.9 Å². The van der Waals surface area contributed by atoms with Crippen molar-refractivity contribution < 1.29 is 47.5 Å². The van der Waals surface area contributed by atoms with E-state index in [-0.39, 0.29) is 29.4 Å². The molecular weight excluding hydrogens is 665 g/mol. The normalized spacial score (nSPS) is 11.9. The second-order valence-electron chi connectivity index (χ2n) is 12.7. The number of carbonyl (C=O) groups is 3. The third kappa shape index (κ3) is 12.7. The van der Waals surface area contributed by atoms with Crippen molar-refractivity contribution in [2.75, 3.05) is 42.5 Å². The average Bonchev–Trinajstić information content (AvgIpc) is 3.03. The van der Waals surface area contributed by atoms with Crippen LogP contribution < -0.4 is 24.8 Å². The van der Waals surface area contributed by atoms with E-state index >= 15 is 0 Å². The van der Waals surface area contributed by atoms with Crippen molar-refractivity contribution in [3.8, 4) is 11.5 Å². The molecule has 4 N–H and O–H groups in total. The molecule has 2 amide bonds. The number of urea groups is 1. The Hall–Kier alpha value is -4.58. The van der Waals surface area contributed by atoms with E-state index in [0.717, 1.165) is 36.0 Å². The van der Waals surface area contributed by atoms with Crippen molar-refractivity contribution in [1.29, 1.82) is 0 Å². The Labute approximate surface area is 293 Å². The molecule has 3 rings (SSSR count). The van der Waals surface area contributed by atoms with Crippen LogP contribution in [0.5, 0.6) is 11.5 Å². The molecule has 0 aliphatic carbocycles. The zero-order valence-corrected chi connectivity index (χ0v) is 30.5. The molecule has 0 spiro atoms. The number of hydrogen-bond acceptors (Lipinski definition) is 9. The number of amides is 2. The molecule has 272 valence electrons. The summed E-state index contributed by atoms with van der Waals surface area (Å²) in [5, 5.41) is 5.93. The fraction of sp³-hybridized carbons (Fsp3) is 0.417. The SMILES string of the molecule is CCC(CC(=O)OCOC(=O)c1ccc(OP(=O)(O)O)c(OC)c1)c1ccc(N(CC(C)C)CC(C)C)c(NC(=O)Nc2ccc(C)cc2)c1. The molecule has 14 heteroatoms. The van der Waals surface area contributed by atoms with Gasteiger partial charge in [-0.3, -0.25) is 14.6 Å². The van der Waals surface area contributed by atoms with Gasteiger partial charge in [-0.1, -0.05) is 58.4 Å². The van der Waals surface area contributed by atoms with Gasteiger partial charge in [0.05, 0.1) is 30.5 Å². The fourth-order valence-corrected chi connectivity index (χ4v) is 5.65. The minimum atomic E-state index is -4.85. The lowest BCUT2D eigenvalue weighted by Gasteiger charge is -2.31. The number of hydrogen-bond donors (Lipinski definition) is 4. The first-order chi connectivity index (χ1) is 23.6. The number of aryl methyl sites for hydroxylation is 1. The maximum absolute atomic E-state index is 13.2. The van der Waals surface area contributed by atoms with E-state index in [9.17, 15) is 18.9 Å². The van der Waals surface area contributed by atoms with Crippen molar-refractivity contribution in [3.05, 3.63) is 77.4 Å². The number of esters is 2. The Morgan fingerprint density at radius 2 is 1.52 bits per heavy atom. The maximum Gasteiger partial charge on any atom is 0.524 e. The van der Waals surface area contributed by atoms with Crippen molar-refractivity contribution in [3.63, 3.8) is 0 Å². The van der Waals surface area contributed by atoms with Gasteiger partial charge in [-0.15, -0.1) is 0 Å². The Morgan fingerprint density at radius 1 is 0.860 bits per heavy atom. The third-order valence-corrected chi connectivity index (χ3v) is 7.93. The number of phosphoric ester groups is 1. The summed E-state index contributed by atoms with van der Waals surface area (Å²) >= 11 is 0. The Balaban J connectivity index is 1.74. The summed E-state index contributed by atoms with van der Waals surface area (Å²) in [7, 11) is -3.61. The number of nitrogens with one attached hydrogen (secondary N) is 2. The van der Waals surface area contributed by atoms with Gasteiger partial charge in [0.2, 0.25) is 6.79 Å². The molecule has 50 heavy (non-hydrogen) atoms. The first-order valence-electron chi connectivity index (χ1n) is 16.4. The smallest absolute Gasteiger partial charge is 0.493 e. The summed E-state index contributed by atoms with van der Waals surface area (Å²) in [5.41, 5.74) is 4.04. The Kier molecular flexibility index (Phi) is 14.7. The van der Waals surface area contributed by atoms with Crippen molar-refractivity contribution in [2.24, 2.45) is 11.8 Å². The number of methoxy groups -OCH3 is 1. The summed E-state index contributed by atoms with van der Waals surface area (Å²) < 4.78 is 31.1. The zero-order valence-electron chi connectivity index (χ0n) is 29.6. The molecule has 1 atom stereocenters. The van der Waals surface area contributed by atoms with E-state index in [1.165, 1.54) is 19.2 Å². The van der Waals surface area contributed by atoms with Gasteiger partial charge in [-0.2, -0.15) is 0 Å². The van der Waals surface area contributed by atoms with Crippen molar-refractivity contribution in [2.45, 2.75) is 60.3 Å². The van der Waals surface area contributed by atoms with Crippen LogP contribution in [0.1, 0.15) is 74.9 Å². The van der Waals surface area contributed by atoms with Crippen LogP contribution in [0.3, 0.4) is 0 Å². The van der Waals surface area contributed by atoms with Gasteiger partial charge in [0.15, 0.2) is 11.5 Å². The average molecular weight is 714 g/mol. The van der Waals surface area contributed by atoms with Gasteiger partial charge in [0, 0.05) is 18.8 Å². The number of carbonyl (C=O) groups excluding carboxylic acids is 3. The van der Waals surface area contributed by atoms with Gasteiger partial charge in [-0.05, 0) is 79.1 Å². The van der Waals surface area contributed by atoms with Crippen LogP contribution in [0.25, 0.3) is 0 Å². The first kappa shape index (κ1) is 39.9. The molecule has 0 aliphatic rings. The quantitative estimate of drug-likeness (QED) is 0.0621. The van der Waals surface area contributed by atoms with Gasteiger partial charge in [-0.25, -0.2) is 14.2 Å². The molecule has 13 nitrogen and oxygen atoms in total. The summed E-state index contributed by atoms with van der Waals surface area (Å²) in [6.45, 7) is 13.4. The van der Waals surface area contributed by atoms with Crippen LogP contribution in [-0.2, 0) is 18.8 Å². The van der Waals surface area contributed by atoms with Crippen LogP contribution >= 0.6 is 7.82 Å². The Bertz CT molecular complexity index is 1650. The highest BCUT2D eigenvalue weighted by atomic mass is 31.2. The highest BCUT2D eigenvalue weighted by Gasteiger charge is 2.23. The van der Waals surface area contributed by atoms with E-state index in [2.05, 4.69) is 47.8 Å². The summed E-state index contributed by atoms with van der Waals surface area (Å²) in [4.78, 5) is 59.0. The molecule has 3 aromatic carbocycles. The van der Waals surface area contributed by atoms with Gasteiger partial charge >= 0.3 is 25.8 Å². The fourth-order valence-electron chi connectivity index (χ4n) is 5.25. The van der Waals surface area contributed by atoms with Crippen LogP contribution in [-0.4, -0.2) is 54.7 Å². The number of nitrogens with zero attached hydrogens (tertiary/aromatic N) is 1. The van der Waals surface area contributed by atoms with E-state index in [1.807, 2.05) is 56.3 Å². The summed E-state index contributed by atoms with van der Waals surface area (Å²) in [5.74, 6) is -1.33. The molecule has 0 heterocycles. The van der Waals surface area contributed by atoms with Crippen molar-refractivity contribution >= 4 is 42.9 Å². The number of ether oxygens (including phenoxy) is 3. The van der Waals surface area contributed by atoms with E-state index in [4.69, 9.17) is 24.0 Å². The molecule has 0 radical (unpaired) electrons. The lowest BCUT2D eigenvalue weighted by Crippen LogP contribution is -2.32. The summed E-state index contributed by atoms with van der Waals surface area (Å²) in [6.07, 6.45) is 0.583. The van der Waals surface area contributed by atoms with Crippen molar-refractivity contribution in [1.82, 2.24) is 0 Å². The number of phosphoric acid groups is 1. The zero-order chi connectivity index (χ0) is 37.0. The Morgan fingerprint density at radius 3 is 2.10 bits per heavy atom. The minimum absolute atomic E-state index is 0.00760. The van der Waals surface area contributed by atoms with E-state index in [0.29, 0.717) is 29.6 Å². The molecule has 0 saturated heterocycles. The molecule has 0 bridgehead atoms. The topological polar surface area (TPSA) is 173 Å². The predicted octanol–water partition coefficient (Wildman–Crippen LogP) is 7.48. The molecular formula is C36H48N3O10P. The largest absolute Gasteiger partial charge is 0.524 e. The van der Waals surface area contributed by atoms with Crippen LogP contribution in [0.15, 0.2) is 60.7 Å². The molecule has 3 aromatic rings. The molecule has 0 saturated carbocycles. The van der Waals surface area contributed by atoms with Gasteiger partial charge in [0.25, 0.3) is 0 Å². The molecule has 1 unspecified atom stereocenters. The van der Waals surface area contributed by atoms with Gasteiger partial charge in [0.1, 0.15) is 0 Å². The number of rotatable bonds is 17. The van der Waals surface area contributed by atoms with E-state index in [1.54, 1.807) is 0 Å². The highest BCUT2D eigenvalue weighted by molar-refractivity contribution is 7.46. The molecule has 0 aliphatic heterocycles. The summed E-state index contributed by atoms with van der Waals surface area (Å²) in [6, 6.07) is 16.5. The second-order valence-corrected chi connectivity index (χ2v) is 13.9. The molecule has 0 fully saturated rings. The predicted molar refractivity (Wildman–Crippen MR) is 192 cm³/mol. The minimum Gasteiger partial charge on any atom is -0.493 e. The first-order valence-corrected chi connectivity index (χ1v) is 17.9. The monoisotopic (exact) mass is 713 g/mol. The standard InChI is InChI=1S/C36H48N3O10P/c1-8-26(19-34(40)47-22-48-35(41)28-12-16-32(33(18-28)46-7)49-50(43,44)45)27-11-15-31(39(20-23(2)3)21-24(4)5)30(17-27)38-36(42)37-29-13-9-25(6)10-14-29/h9-18,23-24,26H,8,19-22H2,1-7H3,(H2,37,38,42)(H2,43,44,45). The second kappa shape index (κ2) is 18.4. The number of benzene rings is 3. The maximum atomic E-state index is 13.2. The molecule has 0 aromatic heterocycles.